The lowest BCUT2D eigenvalue weighted by Crippen LogP contribution is -2.24. The van der Waals surface area contributed by atoms with Crippen LogP contribution in [0.1, 0.15) is 28.2 Å². The third-order valence-corrected chi connectivity index (χ3v) is 3.50. The highest BCUT2D eigenvalue weighted by Crippen LogP contribution is 2.34. The van der Waals surface area contributed by atoms with E-state index in [1.165, 1.54) is 12.1 Å². The van der Waals surface area contributed by atoms with Crippen LogP contribution in [-0.4, -0.2) is 5.91 Å². The number of benzene rings is 2. The molecule has 23 heavy (non-hydrogen) atoms. The lowest BCUT2D eigenvalue weighted by Gasteiger charge is -2.17. The maximum absolute atomic E-state index is 13.0. The molecule has 118 valence electrons. The van der Waals surface area contributed by atoms with Crippen LogP contribution < -0.4 is 5.73 Å². The van der Waals surface area contributed by atoms with Crippen molar-refractivity contribution in [3.8, 4) is 6.07 Å². The number of rotatable bonds is 4. The van der Waals surface area contributed by atoms with Gasteiger partial charge in [-0.2, -0.15) is 18.4 Å². The van der Waals surface area contributed by atoms with E-state index in [0.717, 1.165) is 17.7 Å². The molecule has 1 amide bonds. The van der Waals surface area contributed by atoms with Crippen molar-refractivity contribution in [2.24, 2.45) is 5.73 Å². The first kappa shape index (κ1) is 16.6. The Morgan fingerprint density at radius 2 is 1.83 bits per heavy atom. The molecular weight excluding hydrogens is 305 g/mol. The smallest absolute Gasteiger partial charge is 0.369 e. The van der Waals surface area contributed by atoms with Gasteiger partial charge in [0.25, 0.3) is 0 Å². The van der Waals surface area contributed by atoms with Crippen molar-refractivity contribution >= 4 is 5.91 Å². The van der Waals surface area contributed by atoms with Gasteiger partial charge in [-0.3, -0.25) is 4.79 Å². The SMILES string of the molecule is N#Cc1ccc(C(Cc2ccccc2)C(N)=O)cc1C(F)(F)F. The van der Waals surface area contributed by atoms with Gasteiger partial charge in [-0.1, -0.05) is 36.4 Å². The van der Waals surface area contributed by atoms with Gasteiger partial charge in [-0.05, 0) is 29.7 Å². The van der Waals surface area contributed by atoms with Crippen molar-refractivity contribution in [1.29, 1.82) is 5.26 Å². The van der Waals surface area contributed by atoms with Crippen LogP contribution in [0.15, 0.2) is 48.5 Å². The van der Waals surface area contributed by atoms with Crippen LogP contribution in [0.4, 0.5) is 13.2 Å². The highest BCUT2D eigenvalue weighted by molar-refractivity contribution is 5.82. The standard InChI is InChI=1S/C17H13F3N2O/c18-17(19,20)15-9-12(6-7-13(15)10-21)14(16(22)23)8-11-4-2-1-3-5-11/h1-7,9,14H,8H2,(H2,22,23). The molecule has 0 aliphatic rings. The van der Waals surface area contributed by atoms with Gasteiger partial charge in [0.05, 0.1) is 23.1 Å². The quantitative estimate of drug-likeness (QED) is 0.939. The number of hydrogen-bond donors (Lipinski definition) is 1. The molecule has 3 nitrogen and oxygen atoms in total. The number of halogens is 3. The van der Waals surface area contributed by atoms with Crippen LogP contribution >= 0.6 is 0 Å². The molecule has 0 aliphatic carbocycles. The van der Waals surface area contributed by atoms with E-state index >= 15 is 0 Å². The van der Waals surface area contributed by atoms with Crippen LogP contribution in [0, 0.1) is 11.3 Å². The van der Waals surface area contributed by atoms with Crippen molar-refractivity contribution in [1.82, 2.24) is 0 Å². The van der Waals surface area contributed by atoms with Crippen LogP contribution in [0.25, 0.3) is 0 Å². The summed E-state index contributed by atoms with van der Waals surface area (Å²) in [5, 5.41) is 8.81. The molecule has 0 fully saturated rings. The van der Waals surface area contributed by atoms with Crippen LogP contribution in [-0.2, 0) is 17.4 Å². The molecule has 2 aromatic rings. The summed E-state index contributed by atoms with van der Waals surface area (Å²) in [6.07, 6.45) is -4.48. The Labute approximate surface area is 131 Å². The predicted molar refractivity (Wildman–Crippen MR) is 78.2 cm³/mol. The Balaban J connectivity index is 2.45. The molecule has 0 spiro atoms. The van der Waals surface area contributed by atoms with Gasteiger partial charge < -0.3 is 5.73 Å². The second-order valence-corrected chi connectivity index (χ2v) is 5.06. The minimum absolute atomic E-state index is 0.146. The number of nitrogens with zero attached hydrogens (tertiary/aromatic N) is 1. The summed E-state index contributed by atoms with van der Waals surface area (Å²) in [5.41, 5.74) is 4.75. The largest absolute Gasteiger partial charge is 0.417 e. The summed E-state index contributed by atoms with van der Waals surface area (Å²) < 4.78 is 39.1. The van der Waals surface area contributed by atoms with Crippen molar-refractivity contribution in [3.63, 3.8) is 0 Å². The molecule has 0 aromatic heterocycles. The molecule has 2 N–H and O–H groups in total. The lowest BCUT2D eigenvalue weighted by atomic mass is 9.89. The minimum atomic E-state index is -4.67. The van der Waals surface area contributed by atoms with Crippen molar-refractivity contribution in [2.75, 3.05) is 0 Å². The Bertz CT molecular complexity index is 749. The lowest BCUT2D eigenvalue weighted by molar-refractivity contribution is -0.138. The van der Waals surface area contributed by atoms with Gasteiger partial charge in [0.15, 0.2) is 0 Å². The topological polar surface area (TPSA) is 66.9 Å². The number of hydrogen-bond acceptors (Lipinski definition) is 2. The number of carbonyl (C=O) groups is 1. The highest BCUT2D eigenvalue weighted by atomic mass is 19.4. The monoisotopic (exact) mass is 318 g/mol. The summed E-state index contributed by atoms with van der Waals surface area (Å²) >= 11 is 0. The van der Waals surface area contributed by atoms with Gasteiger partial charge >= 0.3 is 6.18 Å². The maximum Gasteiger partial charge on any atom is 0.417 e. The van der Waals surface area contributed by atoms with Gasteiger partial charge in [0.1, 0.15) is 0 Å². The fourth-order valence-electron chi connectivity index (χ4n) is 2.34. The highest BCUT2D eigenvalue weighted by Gasteiger charge is 2.34. The normalized spacial score (nSPS) is 12.4. The Kier molecular flexibility index (Phi) is 4.70. The average Bonchev–Trinajstić information content (AvgIpc) is 2.52. The molecule has 0 aliphatic heterocycles. The number of amides is 1. The molecule has 1 unspecified atom stereocenters. The van der Waals surface area contributed by atoms with E-state index in [1.54, 1.807) is 30.3 Å². The Morgan fingerprint density at radius 1 is 1.17 bits per heavy atom. The molecular formula is C17H13F3N2O. The fourth-order valence-corrected chi connectivity index (χ4v) is 2.34. The van der Waals surface area contributed by atoms with Gasteiger partial charge in [-0.25, -0.2) is 0 Å². The number of nitrogens with two attached hydrogens (primary N) is 1. The van der Waals surface area contributed by atoms with Gasteiger partial charge in [0, 0.05) is 0 Å². The summed E-state index contributed by atoms with van der Waals surface area (Å²) in [7, 11) is 0. The van der Waals surface area contributed by atoms with E-state index in [9.17, 15) is 18.0 Å². The zero-order chi connectivity index (χ0) is 17.0. The number of nitriles is 1. The molecule has 6 heteroatoms. The van der Waals surface area contributed by atoms with Crippen LogP contribution in [0.5, 0.6) is 0 Å². The van der Waals surface area contributed by atoms with Crippen molar-refractivity contribution in [2.45, 2.75) is 18.5 Å². The van der Waals surface area contributed by atoms with E-state index in [0.29, 0.717) is 0 Å². The Morgan fingerprint density at radius 3 is 2.35 bits per heavy atom. The van der Waals surface area contributed by atoms with E-state index in [1.807, 2.05) is 0 Å². The number of alkyl halides is 3. The molecule has 2 aromatic carbocycles. The molecule has 0 heterocycles. The molecule has 1 atom stereocenters. The second kappa shape index (κ2) is 6.53. The molecule has 2 rings (SSSR count). The summed E-state index contributed by atoms with van der Waals surface area (Å²) in [5.74, 6) is -1.61. The third-order valence-electron chi connectivity index (χ3n) is 3.50. The van der Waals surface area contributed by atoms with Gasteiger partial charge in [-0.15, -0.1) is 0 Å². The van der Waals surface area contributed by atoms with E-state index in [2.05, 4.69) is 0 Å². The molecule has 0 saturated heterocycles. The third kappa shape index (κ3) is 3.89. The summed E-state index contributed by atoms with van der Waals surface area (Å²) in [6.45, 7) is 0. The predicted octanol–water partition coefficient (Wildman–Crippen LogP) is 3.39. The first-order chi connectivity index (χ1) is 10.8. The summed E-state index contributed by atoms with van der Waals surface area (Å²) in [4.78, 5) is 11.7. The van der Waals surface area contributed by atoms with E-state index < -0.39 is 29.1 Å². The first-order valence-electron chi connectivity index (χ1n) is 6.77. The fraction of sp³-hybridized carbons (Fsp3) is 0.176. The van der Waals surface area contributed by atoms with Crippen molar-refractivity contribution < 1.29 is 18.0 Å². The first-order valence-corrected chi connectivity index (χ1v) is 6.77. The zero-order valence-electron chi connectivity index (χ0n) is 12.0. The van der Waals surface area contributed by atoms with Crippen LogP contribution in [0.3, 0.4) is 0 Å². The van der Waals surface area contributed by atoms with E-state index in [4.69, 9.17) is 11.0 Å². The zero-order valence-corrected chi connectivity index (χ0v) is 12.0. The second-order valence-electron chi connectivity index (χ2n) is 5.06. The number of carbonyl (C=O) groups excluding carboxylic acids is 1. The molecule has 0 saturated carbocycles. The van der Waals surface area contributed by atoms with E-state index in [-0.39, 0.29) is 12.0 Å². The average molecular weight is 318 g/mol. The Hall–Kier alpha value is -2.81. The minimum Gasteiger partial charge on any atom is -0.369 e. The molecule has 0 bridgehead atoms. The summed E-state index contributed by atoms with van der Waals surface area (Å²) in [6, 6.07) is 13.6. The molecule has 0 radical (unpaired) electrons. The maximum atomic E-state index is 13.0. The van der Waals surface area contributed by atoms with Gasteiger partial charge in [0.2, 0.25) is 5.91 Å². The number of primary amides is 1. The van der Waals surface area contributed by atoms with Crippen LogP contribution in [0.2, 0.25) is 0 Å². The van der Waals surface area contributed by atoms with Crippen molar-refractivity contribution in [3.05, 3.63) is 70.8 Å².